The first-order valence-electron chi connectivity index (χ1n) is 9.23. The highest BCUT2D eigenvalue weighted by molar-refractivity contribution is 7.13. The van der Waals surface area contributed by atoms with Crippen molar-refractivity contribution in [1.82, 2.24) is 4.57 Å². The fourth-order valence-corrected chi connectivity index (χ4v) is 4.21. The Kier molecular flexibility index (Phi) is 4.88. The van der Waals surface area contributed by atoms with Crippen molar-refractivity contribution in [3.8, 4) is 16.8 Å². The second kappa shape index (κ2) is 7.49. The van der Waals surface area contributed by atoms with Gasteiger partial charge in [-0.3, -0.25) is 4.79 Å². The van der Waals surface area contributed by atoms with E-state index < -0.39 is 0 Å². The average molecular weight is 387 g/mol. The number of carbonyl (C=O) groups excluding carboxylic acids is 1. The van der Waals surface area contributed by atoms with Gasteiger partial charge in [-0.2, -0.15) is 0 Å². The van der Waals surface area contributed by atoms with Crippen molar-refractivity contribution in [2.45, 2.75) is 20.8 Å². The minimum atomic E-state index is -0.0826. The largest absolute Gasteiger partial charge is 0.322 e. The van der Waals surface area contributed by atoms with E-state index in [9.17, 15) is 4.79 Å². The molecule has 4 rings (SSSR count). The minimum absolute atomic E-state index is 0.0826. The van der Waals surface area contributed by atoms with E-state index in [1.165, 1.54) is 16.9 Å². The van der Waals surface area contributed by atoms with Crippen LogP contribution in [0.4, 0.5) is 5.69 Å². The van der Waals surface area contributed by atoms with Crippen molar-refractivity contribution in [3.63, 3.8) is 0 Å². The van der Waals surface area contributed by atoms with Crippen LogP contribution in [0.25, 0.3) is 16.8 Å². The number of benzene rings is 2. The molecular weight excluding hydrogens is 364 g/mol. The Labute approximate surface area is 169 Å². The standard InChI is InChI=1S/C24H22N2OS/c1-16-7-10-19(11-8-16)20-15-28-23(22(20)26-12-4-5-13-26)24(27)25-21-14-17(2)6-9-18(21)3/h4-15H,1-3H3,(H,25,27). The van der Waals surface area contributed by atoms with Crippen LogP contribution in [0.1, 0.15) is 26.4 Å². The van der Waals surface area contributed by atoms with Crippen LogP contribution < -0.4 is 5.32 Å². The molecule has 2 aromatic carbocycles. The zero-order valence-corrected chi connectivity index (χ0v) is 17.0. The number of hydrogen-bond donors (Lipinski definition) is 1. The fourth-order valence-electron chi connectivity index (χ4n) is 3.24. The van der Waals surface area contributed by atoms with E-state index in [2.05, 4.69) is 48.0 Å². The summed E-state index contributed by atoms with van der Waals surface area (Å²) < 4.78 is 2.02. The summed E-state index contributed by atoms with van der Waals surface area (Å²) in [4.78, 5) is 13.9. The average Bonchev–Trinajstić information content (AvgIpc) is 3.34. The van der Waals surface area contributed by atoms with Gasteiger partial charge in [0, 0.05) is 29.0 Å². The van der Waals surface area contributed by atoms with Crippen LogP contribution in [0.3, 0.4) is 0 Å². The molecule has 0 bridgehead atoms. The van der Waals surface area contributed by atoms with E-state index in [1.807, 2.05) is 55.1 Å². The number of amides is 1. The van der Waals surface area contributed by atoms with Crippen LogP contribution in [0, 0.1) is 20.8 Å². The second-order valence-corrected chi connectivity index (χ2v) is 7.94. The SMILES string of the molecule is Cc1ccc(-c2csc(C(=O)Nc3cc(C)ccc3C)c2-n2cccc2)cc1. The first-order chi connectivity index (χ1) is 13.5. The molecule has 2 aromatic heterocycles. The Morgan fingerprint density at radius 3 is 2.32 bits per heavy atom. The quantitative estimate of drug-likeness (QED) is 0.434. The van der Waals surface area contributed by atoms with Gasteiger partial charge in [-0.05, 0) is 55.7 Å². The maximum absolute atomic E-state index is 13.2. The molecule has 1 N–H and O–H groups in total. The maximum Gasteiger partial charge on any atom is 0.267 e. The number of thiophene rings is 1. The number of hydrogen-bond acceptors (Lipinski definition) is 2. The van der Waals surface area contributed by atoms with Crippen LogP contribution in [-0.2, 0) is 0 Å². The van der Waals surface area contributed by atoms with Crippen LogP contribution in [0.5, 0.6) is 0 Å². The van der Waals surface area contributed by atoms with Gasteiger partial charge in [0.05, 0.1) is 5.69 Å². The van der Waals surface area contributed by atoms with E-state index in [4.69, 9.17) is 0 Å². The zero-order valence-electron chi connectivity index (χ0n) is 16.2. The highest BCUT2D eigenvalue weighted by atomic mass is 32.1. The smallest absolute Gasteiger partial charge is 0.267 e. The number of nitrogens with one attached hydrogen (secondary N) is 1. The molecule has 2 heterocycles. The third-order valence-electron chi connectivity index (χ3n) is 4.84. The lowest BCUT2D eigenvalue weighted by atomic mass is 10.0. The highest BCUT2D eigenvalue weighted by Gasteiger charge is 2.21. The van der Waals surface area contributed by atoms with Crippen molar-refractivity contribution in [2.75, 3.05) is 5.32 Å². The molecule has 4 aromatic rings. The van der Waals surface area contributed by atoms with Crippen LogP contribution in [0.15, 0.2) is 72.4 Å². The molecule has 0 saturated carbocycles. The first-order valence-corrected chi connectivity index (χ1v) is 10.1. The van der Waals surface area contributed by atoms with Gasteiger partial charge in [0.15, 0.2) is 0 Å². The first kappa shape index (κ1) is 18.3. The van der Waals surface area contributed by atoms with Crippen LogP contribution in [0.2, 0.25) is 0 Å². The lowest BCUT2D eigenvalue weighted by Crippen LogP contribution is -2.14. The Morgan fingerprint density at radius 1 is 0.929 bits per heavy atom. The molecule has 140 valence electrons. The molecule has 4 heteroatoms. The molecule has 0 aliphatic heterocycles. The van der Waals surface area contributed by atoms with Crippen molar-refractivity contribution < 1.29 is 4.79 Å². The molecule has 0 fully saturated rings. The van der Waals surface area contributed by atoms with Gasteiger partial charge in [-0.25, -0.2) is 0 Å². The predicted molar refractivity (Wildman–Crippen MR) is 118 cm³/mol. The number of carbonyl (C=O) groups is 1. The summed E-state index contributed by atoms with van der Waals surface area (Å²) in [5.41, 5.74) is 7.34. The van der Waals surface area contributed by atoms with Crippen LogP contribution >= 0.6 is 11.3 Å². The van der Waals surface area contributed by atoms with Gasteiger partial charge in [0.1, 0.15) is 4.88 Å². The molecule has 3 nitrogen and oxygen atoms in total. The Morgan fingerprint density at radius 2 is 1.61 bits per heavy atom. The predicted octanol–water partition coefficient (Wildman–Crippen LogP) is 6.38. The topological polar surface area (TPSA) is 34.0 Å². The summed E-state index contributed by atoms with van der Waals surface area (Å²) in [7, 11) is 0. The van der Waals surface area contributed by atoms with Crippen molar-refractivity contribution >= 4 is 22.9 Å². The Hall–Kier alpha value is -3.11. The van der Waals surface area contributed by atoms with Crippen LogP contribution in [-0.4, -0.2) is 10.5 Å². The zero-order chi connectivity index (χ0) is 19.7. The summed E-state index contributed by atoms with van der Waals surface area (Å²) in [5, 5.41) is 5.17. The second-order valence-electron chi connectivity index (χ2n) is 7.06. The number of nitrogens with zero attached hydrogens (tertiary/aromatic N) is 1. The Balaban J connectivity index is 1.78. The maximum atomic E-state index is 13.2. The van der Waals surface area contributed by atoms with Crippen molar-refractivity contribution in [3.05, 3.63) is 93.9 Å². The van der Waals surface area contributed by atoms with E-state index in [0.717, 1.165) is 33.6 Å². The summed E-state index contributed by atoms with van der Waals surface area (Å²) in [6, 6.07) is 18.5. The highest BCUT2D eigenvalue weighted by Crippen LogP contribution is 2.35. The molecule has 1 amide bonds. The molecule has 0 atom stereocenters. The molecule has 28 heavy (non-hydrogen) atoms. The summed E-state index contributed by atoms with van der Waals surface area (Å²) >= 11 is 1.48. The normalized spacial score (nSPS) is 10.8. The van der Waals surface area contributed by atoms with Gasteiger partial charge in [-0.1, -0.05) is 42.0 Å². The molecule has 0 aliphatic rings. The van der Waals surface area contributed by atoms with Crippen molar-refractivity contribution in [2.24, 2.45) is 0 Å². The monoisotopic (exact) mass is 386 g/mol. The van der Waals surface area contributed by atoms with Crippen molar-refractivity contribution in [1.29, 1.82) is 0 Å². The lowest BCUT2D eigenvalue weighted by molar-refractivity contribution is 0.103. The number of rotatable bonds is 4. The van der Waals surface area contributed by atoms with E-state index >= 15 is 0 Å². The molecule has 0 saturated heterocycles. The van der Waals surface area contributed by atoms with E-state index in [-0.39, 0.29) is 5.91 Å². The third kappa shape index (κ3) is 3.51. The molecule has 0 aliphatic carbocycles. The minimum Gasteiger partial charge on any atom is -0.322 e. The number of anilines is 1. The lowest BCUT2D eigenvalue weighted by Gasteiger charge is -2.12. The van der Waals surface area contributed by atoms with Gasteiger partial charge in [0.25, 0.3) is 5.91 Å². The van der Waals surface area contributed by atoms with Gasteiger partial charge in [0.2, 0.25) is 0 Å². The summed E-state index contributed by atoms with van der Waals surface area (Å²) in [6.07, 6.45) is 3.96. The van der Waals surface area contributed by atoms with E-state index in [1.54, 1.807) is 0 Å². The van der Waals surface area contributed by atoms with Gasteiger partial charge < -0.3 is 9.88 Å². The van der Waals surface area contributed by atoms with E-state index in [0.29, 0.717) is 4.88 Å². The third-order valence-corrected chi connectivity index (χ3v) is 5.81. The number of aromatic nitrogens is 1. The fraction of sp³-hybridized carbons (Fsp3) is 0.125. The molecule has 0 spiro atoms. The molecule has 0 radical (unpaired) electrons. The summed E-state index contributed by atoms with van der Waals surface area (Å²) in [5.74, 6) is -0.0826. The number of aryl methyl sites for hydroxylation is 3. The summed E-state index contributed by atoms with van der Waals surface area (Å²) in [6.45, 7) is 6.11. The molecular formula is C24H22N2OS. The Bertz CT molecular complexity index is 1120. The molecule has 0 unspecified atom stereocenters. The van der Waals surface area contributed by atoms with Gasteiger partial charge >= 0.3 is 0 Å². The van der Waals surface area contributed by atoms with Gasteiger partial charge in [-0.15, -0.1) is 11.3 Å².